The number of nitrogens with zero attached hydrogens (tertiary/aromatic N) is 2. The molecule has 0 unspecified atom stereocenters. The van der Waals surface area contributed by atoms with E-state index in [-0.39, 0.29) is 23.0 Å². The fraction of sp³-hybridized carbons (Fsp3) is 0.579. The highest BCUT2D eigenvalue weighted by Gasteiger charge is 2.28. The number of nitrogens with one attached hydrogen (secondary N) is 1. The van der Waals surface area contributed by atoms with Crippen LogP contribution in [0.3, 0.4) is 0 Å². The molecule has 1 N–H and O–H groups in total. The van der Waals surface area contributed by atoms with Crippen LogP contribution in [0.2, 0.25) is 0 Å². The number of hydrogen-bond donors (Lipinski definition) is 1. The van der Waals surface area contributed by atoms with Gasteiger partial charge in [-0.2, -0.15) is 0 Å². The highest BCUT2D eigenvalue weighted by Crippen LogP contribution is 2.18. The van der Waals surface area contributed by atoms with Crippen molar-refractivity contribution in [3.63, 3.8) is 0 Å². The highest BCUT2D eigenvalue weighted by molar-refractivity contribution is 5.90. The SMILES string of the molecule is CC(C)(C)C(=O)N1CCCN(CCC(=O)Nc2cccc(F)c2)CC1. The van der Waals surface area contributed by atoms with Gasteiger partial charge < -0.3 is 15.1 Å². The topological polar surface area (TPSA) is 52.7 Å². The summed E-state index contributed by atoms with van der Waals surface area (Å²) in [6.07, 6.45) is 1.26. The molecule has 2 rings (SSSR count). The molecule has 0 radical (unpaired) electrons. The summed E-state index contributed by atoms with van der Waals surface area (Å²) in [5, 5.41) is 2.71. The second-order valence-electron chi connectivity index (χ2n) is 7.55. The van der Waals surface area contributed by atoms with E-state index in [2.05, 4.69) is 10.2 Å². The Morgan fingerprint density at radius 2 is 1.92 bits per heavy atom. The summed E-state index contributed by atoms with van der Waals surface area (Å²) >= 11 is 0. The number of anilines is 1. The Kier molecular flexibility index (Phi) is 6.53. The zero-order valence-corrected chi connectivity index (χ0v) is 15.3. The molecule has 1 aliphatic heterocycles. The van der Waals surface area contributed by atoms with E-state index in [9.17, 15) is 14.0 Å². The number of carbonyl (C=O) groups excluding carboxylic acids is 2. The third-order valence-corrected chi connectivity index (χ3v) is 4.28. The van der Waals surface area contributed by atoms with E-state index < -0.39 is 0 Å². The molecule has 1 fully saturated rings. The lowest BCUT2D eigenvalue weighted by molar-refractivity contribution is -0.139. The maximum absolute atomic E-state index is 13.1. The molecule has 0 saturated carbocycles. The van der Waals surface area contributed by atoms with Crippen molar-refractivity contribution in [1.29, 1.82) is 0 Å². The van der Waals surface area contributed by atoms with Crippen molar-refractivity contribution in [2.45, 2.75) is 33.6 Å². The molecule has 1 heterocycles. The average molecular weight is 349 g/mol. The van der Waals surface area contributed by atoms with Crippen molar-refractivity contribution in [2.24, 2.45) is 5.41 Å². The molecule has 0 bridgehead atoms. The highest BCUT2D eigenvalue weighted by atomic mass is 19.1. The van der Waals surface area contributed by atoms with Crippen LogP contribution < -0.4 is 5.32 Å². The Labute approximate surface area is 149 Å². The van der Waals surface area contributed by atoms with E-state index in [4.69, 9.17) is 0 Å². The molecule has 0 atom stereocenters. The average Bonchev–Trinajstić information content (AvgIpc) is 2.77. The van der Waals surface area contributed by atoms with Crippen LogP contribution in [0.5, 0.6) is 0 Å². The van der Waals surface area contributed by atoms with Crippen molar-refractivity contribution < 1.29 is 14.0 Å². The van der Waals surface area contributed by atoms with Gasteiger partial charge in [0.15, 0.2) is 0 Å². The zero-order valence-electron chi connectivity index (χ0n) is 15.3. The minimum atomic E-state index is -0.367. The minimum Gasteiger partial charge on any atom is -0.341 e. The fourth-order valence-corrected chi connectivity index (χ4v) is 2.92. The Bertz CT molecular complexity index is 613. The third kappa shape index (κ3) is 6.12. The van der Waals surface area contributed by atoms with Gasteiger partial charge in [-0.1, -0.05) is 26.8 Å². The summed E-state index contributed by atoms with van der Waals surface area (Å²) in [5.74, 6) is -0.315. The molecule has 5 nitrogen and oxygen atoms in total. The van der Waals surface area contributed by atoms with Crippen LogP contribution in [0.15, 0.2) is 24.3 Å². The number of amides is 2. The first-order valence-corrected chi connectivity index (χ1v) is 8.83. The molecule has 138 valence electrons. The molecule has 1 saturated heterocycles. The summed E-state index contributed by atoms with van der Waals surface area (Å²) in [7, 11) is 0. The van der Waals surface area contributed by atoms with Crippen molar-refractivity contribution in [2.75, 3.05) is 38.0 Å². The summed E-state index contributed by atoms with van der Waals surface area (Å²) in [4.78, 5) is 28.6. The minimum absolute atomic E-state index is 0.127. The van der Waals surface area contributed by atoms with Crippen LogP contribution in [0.25, 0.3) is 0 Å². The molecule has 0 aromatic heterocycles. The standard InChI is InChI=1S/C19H28FN3O2/c1-19(2,3)18(25)23-10-5-9-22(12-13-23)11-8-17(24)21-16-7-4-6-15(20)14-16/h4,6-7,14H,5,8-13H2,1-3H3,(H,21,24). The quantitative estimate of drug-likeness (QED) is 0.909. The smallest absolute Gasteiger partial charge is 0.227 e. The Balaban J connectivity index is 1.78. The summed E-state index contributed by atoms with van der Waals surface area (Å²) in [6.45, 7) is 9.57. The normalized spacial score (nSPS) is 16.4. The number of benzene rings is 1. The van der Waals surface area contributed by atoms with Gasteiger partial charge in [0.2, 0.25) is 11.8 Å². The van der Waals surface area contributed by atoms with Gasteiger partial charge in [-0.3, -0.25) is 9.59 Å². The Morgan fingerprint density at radius 3 is 2.60 bits per heavy atom. The largest absolute Gasteiger partial charge is 0.341 e. The lowest BCUT2D eigenvalue weighted by Crippen LogP contribution is -2.41. The maximum Gasteiger partial charge on any atom is 0.227 e. The van der Waals surface area contributed by atoms with Gasteiger partial charge in [-0.25, -0.2) is 4.39 Å². The second kappa shape index (κ2) is 8.43. The molecule has 0 spiro atoms. The van der Waals surface area contributed by atoms with Crippen LogP contribution in [-0.4, -0.2) is 54.3 Å². The molecule has 25 heavy (non-hydrogen) atoms. The van der Waals surface area contributed by atoms with Crippen molar-refractivity contribution in [3.05, 3.63) is 30.1 Å². The first-order valence-electron chi connectivity index (χ1n) is 8.83. The summed E-state index contributed by atoms with van der Waals surface area (Å²) in [5.41, 5.74) is 0.114. The van der Waals surface area contributed by atoms with Gasteiger partial charge >= 0.3 is 0 Å². The monoisotopic (exact) mass is 349 g/mol. The Hall–Kier alpha value is -1.95. The van der Waals surface area contributed by atoms with Crippen LogP contribution >= 0.6 is 0 Å². The van der Waals surface area contributed by atoms with E-state index in [1.54, 1.807) is 12.1 Å². The summed E-state index contributed by atoms with van der Waals surface area (Å²) in [6, 6.07) is 5.89. The molecule has 1 aliphatic rings. The fourth-order valence-electron chi connectivity index (χ4n) is 2.92. The molecular formula is C19H28FN3O2. The van der Waals surface area contributed by atoms with Gasteiger partial charge in [0.05, 0.1) is 0 Å². The maximum atomic E-state index is 13.1. The first kappa shape index (κ1) is 19.4. The van der Waals surface area contributed by atoms with Crippen molar-refractivity contribution in [1.82, 2.24) is 9.80 Å². The van der Waals surface area contributed by atoms with Crippen molar-refractivity contribution in [3.8, 4) is 0 Å². The zero-order chi connectivity index (χ0) is 18.4. The predicted molar refractivity (Wildman–Crippen MR) is 96.7 cm³/mol. The van der Waals surface area contributed by atoms with Crippen LogP contribution in [0.1, 0.15) is 33.6 Å². The predicted octanol–water partition coefficient (Wildman–Crippen LogP) is 2.73. The van der Waals surface area contributed by atoms with E-state index >= 15 is 0 Å². The van der Waals surface area contributed by atoms with Gasteiger partial charge in [0.25, 0.3) is 0 Å². The Morgan fingerprint density at radius 1 is 1.16 bits per heavy atom. The van der Waals surface area contributed by atoms with E-state index in [1.807, 2.05) is 25.7 Å². The molecule has 0 aliphatic carbocycles. The van der Waals surface area contributed by atoms with Crippen LogP contribution in [0, 0.1) is 11.2 Å². The van der Waals surface area contributed by atoms with Crippen molar-refractivity contribution >= 4 is 17.5 Å². The van der Waals surface area contributed by atoms with E-state index in [1.165, 1.54) is 12.1 Å². The van der Waals surface area contributed by atoms with E-state index in [0.717, 1.165) is 26.1 Å². The lowest BCUT2D eigenvalue weighted by atomic mass is 9.94. The van der Waals surface area contributed by atoms with Crippen LogP contribution in [0.4, 0.5) is 10.1 Å². The van der Waals surface area contributed by atoms with E-state index in [0.29, 0.717) is 25.2 Å². The number of hydrogen-bond acceptors (Lipinski definition) is 3. The lowest BCUT2D eigenvalue weighted by Gasteiger charge is -2.28. The molecule has 1 aromatic carbocycles. The summed E-state index contributed by atoms with van der Waals surface area (Å²) < 4.78 is 13.1. The molecule has 2 amide bonds. The van der Waals surface area contributed by atoms with Crippen LogP contribution in [-0.2, 0) is 9.59 Å². The van der Waals surface area contributed by atoms with Gasteiger partial charge in [-0.05, 0) is 31.2 Å². The number of halogens is 1. The van der Waals surface area contributed by atoms with Gasteiger partial charge in [0, 0.05) is 43.7 Å². The molecular weight excluding hydrogens is 321 g/mol. The number of rotatable bonds is 4. The van der Waals surface area contributed by atoms with Gasteiger partial charge in [-0.15, -0.1) is 0 Å². The number of carbonyl (C=O) groups is 2. The molecule has 6 heteroatoms. The van der Waals surface area contributed by atoms with Gasteiger partial charge in [0.1, 0.15) is 5.82 Å². The third-order valence-electron chi connectivity index (χ3n) is 4.28. The first-order chi connectivity index (χ1) is 11.8. The molecule has 1 aromatic rings. The second-order valence-corrected chi connectivity index (χ2v) is 7.55.